The third kappa shape index (κ3) is 2.30. The monoisotopic (exact) mass is 309 g/mol. The second kappa shape index (κ2) is 5.16. The van der Waals surface area contributed by atoms with Gasteiger partial charge in [0.1, 0.15) is 11.2 Å². The molecule has 8 heteroatoms. The first-order chi connectivity index (χ1) is 11.2. The zero-order valence-corrected chi connectivity index (χ0v) is 12.2. The first-order valence-electron chi connectivity index (χ1n) is 6.93. The highest BCUT2D eigenvalue weighted by Crippen LogP contribution is 2.24. The Morgan fingerprint density at radius 2 is 2.09 bits per heavy atom. The van der Waals surface area contributed by atoms with E-state index in [4.69, 9.17) is 0 Å². The summed E-state index contributed by atoms with van der Waals surface area (Å²) < 4.78 is 17.2. The molecule has 1 N–H and O–H groups in total. The number of pyridine rings is 1. The average molecular weight is 309 g/mol. The second-order valence-corrected chi connectivity index (χ2v) is 4.94. The van der Waals surface area contributed by atoms with E-state index in [1.165, 1.54) is 6.20 Å². The van der Waals surface area contributed by atoms with Crippen molar-refractivity contribution in [2.24, 2.45) is 7.05 Å². The predicted octanol–water partition coefficient (Wildman–Crippen LogP) is 2.41. The summed E-state index contributed by atoms with van der Waals surface area (Å²) in [4.78, 5) is 8.27. The summed E-state index contributed by atoms with van der Waals surface area (Å²) >= 11 is 0. The van der Waals surface area contributed by atoms with Crippen LogP contribution in [0.15, 0.2) is 49.1 Å². The summed E-state index contributed by atoms with van der Waals surface area (Å²) in [5, 5.41) is 11.6. The zero-order chi connectivity index (χ0) is 15.8. The lowest BCUT2D eigenvalue weighted by molar-refractivity contribution is 0.625. The molecule has 4 aromatic heterocycles. The van der Waals surface area contributed by atoms with Crippen molar-refractivity contribution in [3.63, 3.8) is 0 Å². The van der Waals surface area contributed by atoms with E-state index < -0.39 is 5.82 Å². The lowest BCUT2D eigenvalue weighted by atomic mass is 10.3. The van der Waals surface area contributed by atoms with Gasteiger partial charge in [-0.2, -0.15) is 5.10 Å². The maximum atomic E-state index is 13.8. The van der Waals surface area contributed by atoms with Crippen molar-refractivity contribution in [2.75, 3.05) is 5.32 Å². The highest BCUT2D eigenvalue weighted by molar-refractivity contribution is 5.74. The molecule has 0 radical (unpaired) electrons. The Kier molecular flexibility index (Phi) is 3.00. The molecule has 23 heavy (non-hydrogen) atoms. The second-order valence-electron chi connectivity index (χ2n) is 4.94. The molecule has 4 aromatic rings. The molecule has 0 atom stereocenters. The molecule has 0 aromatic carbocycles. The quantitative estimate of drug-likeness (QED) is 0.629. The number of anilines is 2. The summed E-state index contributed by atoms with van der Waals surface area (Å²) in [6.07, 6.45) is 6.16. The van der Waals surface area contributed by atoms with E-state index in [0.29, 0.717) is 17.3 Å². The average Bonchev–Trinajstić information content (AvgIpc) is 3.18. The van der Waals surface area contributed by atoms with E-state index in [2.05, 4.69) is 25.5 Å². The summed E-state index contributed by atoms with van der Waals surface area (Å²) in [6.45, 7) is 0. The van der Waals surface area contributed by atoms with Crippen LogP contribution in [-0.4, -0.2) is 29.4 Å². The highest BCUT2D eigenvalue weighted by Gasteiger charge is 2.13. The number of hydrogen-bond donors (Lipinski definition) is 1. The first kappa shape index (κ1) is 13.4. The molecule has 0 saturated heterocycles. The third-order valence-electron chi connectivity index (χ3n) is 3.47. The molecule has 0 fully saturated rings. The smallest absolute Gasteiger partial charge is 0.200 e. The van der Waals surface area contributed by atoms with E-state index in [0.717, 1.165) is 17.4 Å². The Morgan fingerprint density at radius 3 is 2.87 bits per heavy atom. The fourth-order valence-corrected chi connectivity index (χ4v) is 2.33. The van der Waals surface area contributed by atoms with Crippen LogP contribution in [0.3, 0.4) is 0 Å². The zero-order valence-electron chi connectivity index (χ0n) is 12.2. The van der Waals surface area contributed by atoms with Crippen LogP contribution in [0.5, 0.6) is 0 Å². The number of rotatable bonds is 3. The Labute approximate surface area is 130 Å². The number of hydrogen-bond acceptors (Lipinski definition) is 5. The van der Waals surface area contributed by atoms with Gasteiger partial charge in [0.25, 0.3) is 0 Å². The minimum absolute atomic E-state index is 0.303. The van der Waals surface area contributed by atoms with Gasteiger partial charge in [0.15, 0.2) is 17.5 Å². The van der Waals surface area contributed by atoms with Crippen molar-refractivity contribution in [3.8, 4) is 11.5 Å². The highest BCUT2D eigenvalue weighted by atomic mass is 19.1. The van der Waals surface area contributed by atoms with Crippen molar-refractivity contribution in [2.45, 2.75) is 0 Å². The van der Waals surface area contributed by atoms with Crippen molar-refractivity contribution >= 4 is 17.0 Å². The van der Waals surface area contributed by atoms with Crippen LogP contribution in [-0.2, 0) is 7.05 Å². The normalized spacial score (nSPS) is 11.0. The van der Waals surface area contributed by atoms with Crippen molar-refractivity contribution < 1.29 is 4.39 Å². The SMILES string of the molecule is Cn1nccc1-c1nc(Nc2ccncc2F)c2cccn2n1. The Morgan fingerprint density at radius 1 is 1.17 bits per heavy atom. The fourth-order valence-electron chi connectivity index (χ4n) is 2.33. The summed E-state index contributed by atoms with van der Waals surface area (Å²) in [5.41, 5.74) is 1.81. The van der Waals surface area contributed by atoms with E-state index >= 15 is 0 Å². The Balaban J connectivity index is 1.87. The van der Waals surface area contributed by atoms with Crippen LogP contribution >= 0.6 is 0 Å². The number of fused-ring (bicyclic) bond motifs is 1. The summed E-state index contributed by atoms with van der Waals surface area (Å²) in [6, 6.07) is 7.08. The Bertz CT molecular complexity index is 988. The molecule has 0 aliphatic rings. The maximum absolute atomic E-state index is 13.8. The van der Waals surface area contributed by atoms with Gasteiger partial charge in [-0.15, -0.1) is 5.10 Å². The minimum Gasteiger partial charge on any atom is -0.336 e. The molecule has 4 heterocycles. The summed E-state index contributed by atoms with van der Waals surface area (Å²) in [5.74, 6) is 0.551. The third-order valence-corrected chi connectivity index (χ3v) is 3.47. The number of nitrogens with one attached hydrogen (secondary N) is 1. The molecule has 7 nitrogen and oxygen atoms in total. The van der Waals surface area contributed by atoms with Gasteiger partial charge in [0, 0.05) is 25.6 Å². The predicted molar refractivity (Wildman–Crippen MR) is 82.7 cm³/mol. The minimum atomic E-state index is -0.446. The lowest BCUT2D eigenvalue weighted by Crippen LogP contribution is -2.06. The lowest BCUT2D eigenvalue weighted by Gasteiger charge is -2.10. The molecular weight excluding hydrogens is 297 g/mol. The van der Waals surface area contributed by atoms with Crippen LogP contribution in [0.1, 0.15) is 0 Å². The molecule has 0 bridgehead atoms. The van der Waals surface area contributed by atoms with Crippen molar-refractivity contribution in [1.82, 2.24) is 29.4 Å². The van der Waals surface area contributed by atoms with Crippen LogP contribution in [0.25, 0.3) is 17.0 Å². The topological polar surface area (TPSA) is 72.9 Å². The molecule has 0 unspecified atom stereocenters. The van der Waals surface area contributed by atoms with Gasteiger partial charge in [-0.05, 0) is 24.3 Å². The van der Waals surface area contributed by atoms with Crippen LogP contribution in [0.2, 0.25) is 0 Å². The molecule has 0 spiro atoms. The van der Waals surface area contributed by atoms with Gasteiger partial charge in [-0.25, -0.2) is 13.9 Å². The molecule has 114 valence electrons. The summed E-state index contributed by atoms with van der Waals surface area (Å²) in [7, 11) is 1.81. The van der Waals surface area contributed by atoms with Gasteiger partial charge in [0.05, 0.1) is 11.9 Å². The van der Waals surface area contributed by atoms with Gasteiger partial charge < -0.3 is 5.32 Å². The van der Waals surface area contributed by atoms with Crippen molar-refractivity contribution in [3.05, 3.63) is 54.9 Å². The van der Waals surface area contributed by atoms with Crippen LogP contribution in [0, 0.1) is 5.82 Å². The maximum Gasteiger partial charge on any atom is 0.200 e. The standard InChI is InChI=1S/C15H12FN7/c1-22-12(5-7-18-22)15-20-14(13-3-2-8-23(13)21-15)19-11-4-6-17-9-10(11)16/h2-9H,1H3,(H,17,19,20,21). The first-order valence-corrected chi connectivity index (χ1v) is 6.93. The van der Waals surface area contributed by atoms with Gasteiger partial charge in [-0.1, -0.05) is 0 Å². The molecule has 4 rings (SSSR count). The number of aryl methyl sites for hydroxylation is 1. The molecule has 0 saturated carbocycles. The van der Waals surface area contributed by atoms with Crippen LogP contribution in [0.4, 0.5) is 15.9 Å². The molecule has 0 aliphatic heterocycles. The molecular formula is C15H12FN7. The number of nitrogens with zero attached hydrogens (tertiary/aromatic N) is 6. The van der Waals surface area contributed by atoms with Crippen molar-refractivity contribution in [1.29, 1.82) is 0 Å². The van der Waals surface area contributed by atoms with E-state index in [1.807, 2.05) is 31.4 Å². The van der Waals surface area contributed by atoms with Crippen LogP contribution < -0.4 is 5.32 Å². The van der Waals surface area contributed by atoms with Gasteiger partial charge in [-0.3, -0.25) is 9.67 Å². The van der Waals surface area contributed by atoms with E-state index in [-0.39, 0.29) is 0 Å². The molecule has 0 amide bonds. The largest absolute Gasteiger partial charge is 0.336 e. The molecule has 0 aliphatic carbocycles. The van der Waals surface area contributed by atoms with Gasteiger partial charge >= 0.3 is 0 Å². The fraction of sp³-hybridized carbons (Fsp3) is 0.0667. The Hall–Kier alpha value is -3.29. The van der Waals surface area contributed by atoms with E-state index in [9.17, 15) is 4.39 Å². The van der Waals surface area contributed by atoms with E-state index in [1.54, 1.807) is 21.5 Å². The number of aromatic nitrogens is 6. The number of halogens is 1. The van der Waals surface area contributed by atoms with Gasteiger partial charge in [0.2, 0.25) is 0 Å².